The van der Waals surface area contributed by atoms with Crippen molar-refractivity contribution in [3.05, 3.63) is 5.56 Å². The Balaban J connectivity index is 1.69. The lowest BCUT2D eigenvalue weighted by Crippen LogP contribution is -2.31. The lowest BCUT2D eigenvalue weighted by Gasteiger charge is -2.24. The van der Waals surface area contributed by atoms with E-state index in [2.05, 4.69) is 22.2 Å². The van der Waals surface area contributed by atoms with Crippen LogP contribution in [0.1, 0.15) is 44.6 Å². The Kier molecular flexibility index (Phi) is 5.50. The summed E-state index contributed by atoms with van der Waals surface area (Å²) < 4.78 is 5.53. The molecule has 0 saturated carbocycles. The number of unbranched alkanes of at least 4 members (excludes halogenated alkanes) is 1. The van der Waals surface area contributed by atoms with Crippen LogP contribution >= 0.6 is 0 Å². The first-order chi connectivity index (χ1) is 11.7. The number of hydrogen-bond acceptors (Lipinski definition) is 6. The summed E-state index contributed by atoms with van der Waals surface area (Å²) in [5.41, 5.74) is 6.82. The smallest absolute Gasteiger partial charge is 0.232 e. The van der Waals surface area contributed by atoms with Crippen molar-refractivity contribution >= 4 is 23.5 Å². The van der Waals surface area contributed by atoms with E-state index in [1.54, 1.807) is 4.90 Å². The average molecular weight is 333 g/mol. The van der Waals surface area contributed by atoms with Crippen molar-refractivity contribution in [1.29, 1.82) is 0 Å². The summed E-state index contributed by atoms with van der Waals surface area (Å²) >= 11 is 0. The lowest BCUT2D eigenvalue weighted by atomic mass is 9.98. The van der Waals surface area contributed by atoms with Crippen LogP contribution in [0.15, 0.2) is 0 Å². The molecule has 0 aliphatic carbocycles. The minimum atomic E-state index is 0.0634. The van der Waals surface area contributed by atoms with Gasteiger partial charge in [0.1, 0.15) is 11.6 Å². The van der Waals surface area contributed by atoms with Crippen LogP contribution in [0, 0.1) is 5.92 Å². The number of carbonyl (C=O) groups is 1. The molecule has 1 saturated heterocycles. The number of hydrogen-bond donors (Lipinski definition) is 2. The molecule has 3 rings (SSSR count). The predicted molar refractivity (Wildman–Crippen MR) is 94.1 cm³/mol. The van der Waals surface area contributed by atoms with Gasteiger partial charge in [0, 0.05) is 31.9 Å². The summed E-state index contributed by atoms with van der Waals surface area (Å²) in [4.78, 5) is 23.0. The van der Waals surface area contributed by atoms with Crippen LogP contribution in [-0.2, 0) is 16.0 Å². The van der Waals surface area contributed by atoms with Gasteiger partial charge in [0.15, 0.2) is 0 Å². The van der Waals surface area contributed by atoms with E-state index in [4.69, 9.17) is 10.5 Å². The van der Waals surface area contributed by atoms with Gasteiger partial charge < -0.3 is 15.8 Å². The zero-order chi connectivity index (χ0) is 16.9. The molecule has 2 aliphatic rings. The number of nitrogens with two attached hydrogens (primary N) is 1. The quantitative estimate of drug-likeness (QED) is 0.741. The van der Waals surface area contributed by atoms with E-state index in [9.17, 15) is 4.79 Å². The second kappa shape index (κ2) is 7.79. The Morgan fingerprint density at radius 2 is 2.29 bits per heavy atom. The Bertz CT molecular complexity index is 587. The second-order valence-corrected chi connectivity index (χ2v) is 6.61. The number of aromatic nitrogens is 2. The summed E-state index contributed by atoms with van der Waals surface area (Å²) in [6.45, 7) is 5.27. The van der Waals surface area contributed by atoms with Crippen molar-refractivity contribution in [3.63, 3.8) is 0 Å². The Morgan fingerprint density at radius 1 is 1.42 bits per heavy atom. The number of nitrogens with zero attached hydrogens (tertiary/aromatic N) is 3. The molecule has 24 heavy (non-hydrogen) atoms. The zero-order valence-electron chi connectivity index (χ0n) is 14.4. The first kappa shape index (κ1) is 17.0. The lowest BCUT2D eigenvalue weighted by molar-refractivity contribution is -0.117. The number of rotatable bonds is 7. The SMILES string of the molecule is CCCCNc1nc(N)c2c(n1)N(CCC1CCCOC1)C(=O)C2. The number of carbonyl (C=O) groups excluding carboxylic acids is 1. The van der Waals surface area contributed by atoms with Gasteiger partial charge in [0.25, 0.3) is 0 Å². The van der Waals surface area contributed by atoms with Gasteiger partial charge in [0.2, 0.25) is 11.9 Å². The molecular weight excluding hydrogens is 306 g/mol. The van der Waals surface area contributed by atoms with Crippen LogP contribution in [-0.4, -0.2) is 42.2 Å². The van der Waals surface area contributed by atoms with Crippen LogP contribution in [0.3, 0.4) is 0 Å². The molecule has 3 heterocycles. The van der Waals surface area contributed by atoms with Gasteiger partial charge in [-0.25, -0.2) is 0 Å². The van der Waals surface area contributed by atoms with Crippen molar-refractivity contribution in [2.24, 2.45) is 5.92 Å². The monoisotopic (exact) mass is 333 g/mol. The normalized spacial score (nSPS) is 20.3. The van der Waals surface area contributed by atoms with E-state index >= 15 is 0 Å². The molecule has 1 unspecified atom stereocenters. The van der Waals surface area contributed by atoms with E-state index in [-0.39, 0.29) is 5.91 Å². The average Bonchev–Trinajstić information content (AvgIpc) is 2.90. The fourth-order valence-corrected chi connectivity index (χ4v) is 3.28. The van der Waals surface area contributed by atoms with Crippen LogP contribution in [0.4, 0.5) is 17.6 Å². The number of nitrogen functional groups attached to an aromatic ring is 1. The first-order valence-corrected chi connectivity index (χ1v) is 8.97. The molecule has 2 aliphatic heterocycles. The molecule has 0 bridgehead atoms. The Morgan fingerprint density at radius 3 is 3.04 bits per heavy atom. The van der Waals surface area contributed by atoms with Gasteiger partial charge in [-0.1, -0.05) is 13.3 Å². The maximum absolute atomic E-state index is 12.4. The standard InChI is InChI=1S/C17H27N5O2/c1-2-3-7-19-17-20-15(18)13-10-14(23)22(16(13)21-17)8-6-12-5-4-9-24-11-12/h12H,2-11H2,1H3,(H3,18,19,20,21). The molecule has 1 amide bonds. The number of amides is 1. The third kappa shape index (κ3) is 3.77. The molecule has 1 aromatic rings. The molecule has 7 nitrogen and oxygen atoms in total. The Hall–Kier alpha value is -1.89. The number of nitrogens with one attached hydrogen (secondary N) is 1. The van der Waals surface area contributed by atoms with E-state index in [1.807, 2.05) is 0 Å². The molecule has 1 aromatic heterocycles. The number of anilines is 3. The molecule has 0 spiro atoms. The molecule has 132 valence electrons. The Labute approximate surface area is 143 Å². The summed E-state index contributed by atoms with van der Waals surface area (Å²) in [5.74, 6) is 2.20. The van der Waals surface area contributed by atoms with Gasteiger partial charge >= 0.3 is 0 Å². The highest BCUT2D eigenvalue weighted by molar-refractivity contribution is 6.01. The van der Waals surface area contributed by atoms with Gasteiger partial charge in [-0.2, -0.15) is 9.97 Å². The maximum atomic E-state index is 12.4. The third-order valence-electron chi connectivity index (χ3n) is 4.73. The number of ether oxygens (including phenoxy) is 1. The number of fused-ring (bicyclic) bond motifs is 1. The van der Waals surface area contributed by atoms with Crippen molar-refractivity contribution in [2.75, 3.05) is 42.3 Å². The summed E-state index contributed by atoms with van der Waals surface area (Å²) in [6, 6.07) is 0. The van der Waals surface area contributed by atoms with Crippen LogP contribution in [0.25, 0.3) is 0 Å². The van der Waals surface area contributed by atoms with Gasteiger partial charge in [-0.15, -0.1) is 0 Å². The second-order valence-electron chi connectivity index (χ2n) is 6.61. The highest BCUT2D eigenvalue weighted by Gasteiger charge is 2.32. The summed E-state index contributed by atoms with van der Waals surface area (Å²) in [5, 5.41) is 3.20. The van der Waals surface area contributed by atoms with E-state index < -0.39 is 0 Å². The maximum Gasteiger partial charge on any atom is 0.232 e. The largest absolute Gasteiger partial charge is 0.383 e. The fraction of sp³-hybridized carbons (Fsp3) is 0.706. The van der Waals surface area contributed by atoms with Crippen LogP contribution in [0.5, 0.6) is 0 Å². The molecule has 0 aromatic carbocycles. The van der Waals surface area contributed by atoms with Crippen LogP contribution in [0.2, 0.25) is 0 Å². The fourth-order valence-electron chi connectivity index (χ4n) is 3.28. The van der Waals surface area contributed by atoms with E-state index in [0.29, 0.717) is 36.5 Å². The predicted octanol–water partition coefficient (Wildman–Crippen LogP) is 1.98. The van der Waals surface area contributed by atoms with Crippen LogP contribution < -0.4 is 16.0 Å². The van der Waals surface area contributed by atoms with Gasteiger partial charge in [-0.3, -0.25) is 9.69 Å². The molecular formula is C17H27N5O2. The molecule has 1 fully saturated rings. The van der Waals surface area contributed by atoms with Crippen molar-refractivity contribution in [2.45, 2.75) is 45.4 Å². The minimum absolute atomic E-state index is 0.0634. The van der Waals surface area contributed by atoms with Crippen molar-refractivity contribution in [3.8, 4) is 0 Å². The molecule has 1 atom stereocenters. The minimum Gasteiger partial charge on any atom is -0.383 e. The van der Waals surface area contributed by atoms with Gasteiger partial charge in [0.05, 0.1) is 6.42 Å². The highest BCUT2D eigenvalue weighted by atomic mass is 16.5. The van der Waals surface area contributed by atoms with E-state index in [1.165, 1.54) is 6.42 Å². The first-order valence-electron chi connectivity index (χ1n) is 8.97. The molecule has 7 heteroatoms. The van der Waals surface area contributed by atoms with Crippen molar-refractivity contribution < 1.29 is 9.53 Å². The summed E-state index contributed by atoms with van der Waals surface area (Å²) in [7, 11) is 0. The zero-order valence-corrected chi connectivity index (χ0v) is 14.4. The third-order valence-corrected chi connectivity index (χ3v) is 4.73. The van der Waals surface area contributed by atoms with Crippen molar-refractivity contribution in [1.82, 2.24) is 9.97 Å². The molecule has 0 radical (unpaired) electrons. The van der Waals surface area contributed by atoms with Gasteiger partial charge in [-0.05, 0) is 31.6 Å². The summed E-state index contributed by atoms with van der Waals surface area (Å²) in [6.07, 6.45) is 5.66. The van der Waals surface area contributed by atoms with E-state index in [0.717, 1.165) is 51.0 Å². The highest BCUT2D eigenvalue weighted by Crippen LogP contribution is 2.32. The topological polar surface area (TPSA) is 93.4 Å². The molecule has 3 N–H and O–H groups in total.